The Morgan fingerprint density at radius 2 is 2.14 bits per heavy atom. The topological polar surface area (TPSA) is 44.4 Å². The molecular weight excluding hydrogens is 298 g/mol. The lowest BCUT2D eigenvalue weighted by Gasteiger charge is -2.49. The fourth-order valence-corrected chi connectivity index (χ4v) is 3.96. The van der Waals surface area contributed by atoms with Crippen molar-refractivity contribution in [3.8, 4) is 0 Å². The van der Waals surface area contributed by atoms with Crippen molar-refractivity contribution in [1.82, 2.24) is 10.2 Å². The van der Waals surface area contributed by atoms with Crippen LogP contribution in [0.5, 0.6) is 0 Å². The highest BCUT2D eigenvalue weighted by atomic mass is 35.5. The van der Waals surface area contributed by atoms with Gasteiger partial charge in [0.1, 0.15) is 0 Å². The van der Waals surface area contributed by atoms with Gasteiger partial charge in [0.25, 0.3) is 0 Å². The van der Waals surface area contributed by atoms with Gasteiger partial charge in [0.2, 0.25) is 5.91 Å². The van der Waals surface area contributed by atoms with Crippen LogP contribution in [0.4, 0.5) is 5.69 Å². The van der Waals surface area contributed by atoms with E-state index in [0.717, 1.165) is 25.3 Å². The number of anilines is 1. The summed E-state index contributed by atoms with van der Waals surface area (Å²) in [6.45, 7) is 3.39. The summed E-state index contributed by atoms with van der Waals surface area (Å²) in [5.41, 5.74) is 0.952. The van der Waals surface area contributed by atoms with Crippen LogP contribution < -0.4 is 10.6 Å². The van der Waals surface area contributed by atoms with Crippen LogP contribution in [0.15, 0.2) is 24.3 Å². The van der Waals surface area contributed by atoms with Gasteiger partial charge in [-0.1, -0.05) is 36.9 Å². The average molecular weight is 322 g/mol. The molecule has 2 aliphatic rings. The molecule has 22 heavy (non-hydrogen) atoms. The van der Waals surface area contributed by atoms with Gasteiger partial charge < -0.3 is 10.6 Å². The minimum Gasteiger partial charge on any atom is -0.325 e. The first-order valence-electron chi connectivity index (χ1n) is 8.19. The van der Waals surface area contributed by atoms with Crippen molar-refractivity contribution in [2.75, 3.05) is 31.5 Å². The molecule has 3 rings (SSSR count). The minimum atomic E-state index is 0.0501. The highest BCUT2D eigenvalue weighted by Gasteiger charge is 2.40. The Morgan fingerprint density at radius 3 is 2.91 bits per heavy atom. The Morgan fingerprint density at radius 1 is 1.32 bits per heavy atom. The highest BCUT2D eigenvalue weighted by molar-refractivity contribution is 6.30. The van der Waals surface area contributed by atoms with Crippen molar-refractivity contribution in [2.45, 2.75) is 37.6 Å². The second-order valence-electron chi connectivity index (χ2n) is 6.44. The number of rotatable bonds is 3. The predicted molar refractivity (Wildman–Crippen MR) is 90.3 cm³/mol. The van der Waals surface area contributed by atoms with Crippen LogP contribution in [-0.4, -0.2) is 42.5 Å². The number of piperazine rings is 1. The van der Waals surface area contributed by atoms with Gasteiger partial charge >= 0.3 is 0 Å². The molecule has 120 valence electrons. The van der Waals surface area contributed by atoms with Gasteiger partial charge in [-0.2, -0.15) is 0 Å². The number of benzene rings is 1. The zero-order chi connectivity index (χ0) is 15.4. The molecule has 1 aliphatic carbocycles. The van der Waals surface area contributed by atoms with E-state index in [1.807, 2.05) is 18.2 Å². The molecule has 0 bridgehead atoms. The maximum absolute atomic E-state index is 12.4. The number of nitrogens with zero attached hydrogens (tertiary/aromatic N) is 1. The van der Waals surface area contributed by atoms with E-state index in [-0.39, 0.29) is 11.4 Å². The predicted octanol–water partition coefficient (Wildman–Crippen LogP) is 2.89. The van der Waals surface area contributed by atoms with Gasteiger partial charge in [-0.15, -0.1) is 0 Å². The molecule has 2 fully saturated rings. The number of hydrogen-bond acceptors (Lipinski definition) is 3. The molecular formula is C17H24ClN3O. The summed E-state index contributed by atoms with van der Waals surface area (Å²) in [6, 6.07) is 7.32. The lowest BCUT2D eigenvalue weighted by Crippen LogP contribution is -2.63. The number of halogens is 1. The normalized spacial score (nSPS) is 21.7. The van der Waals surface area contributed by atoms with E-state index in [0.29, 0.717) is 11.6 Å². The van der Waals surface area contributed by atoms with E-state index in [2.05, 4.69) is 15.5 Å². The number of nitrogens with one attached hydrogen (secondary N) is 2. The molecule has 0 aromatic heterocycles. The smallest absolute Gasteiger partial charge is 0.238 e. The van der Waals surface area contributed by atoms with Gasteiger partial charge in [-0.3, -0.25) is 9.69 Å². The fourth-order valence-electron chi connectivity index (χ4n) is 3.77. The zero-order valence-electron chi connectivity index (χ0n) is 12.9. The summed E-state index contributed by atoms with van der Waals surface area (Å²) < 4.78 is 0. The van der Waals surface area contributed by atoms with E-state index in [9.17, 15) is 4.79 Å². The van der Waals surface area contributed by atoms with Crippen molar-refractivity contribution < 1.29 is 4.79 Å². The van der Waals surface area contributed by atoms with E-state index >= 15 is 0 Å². The summed E-state index contributed by atoms with van der Waals surface area (Å²) in [4.78, 5) is 14.8. The second-order valence-corrected chi connectivity index (χ2v) is 6.88. The third kappa shape index (κ3) is 3.62. The number of carbonyl (C=O) groups is 1. The Balaban J connectivity index is 1.64. The summed E-state index contributed by atoms with van der Waals surface area (Å²) in [5, 5.41) is 7.12. The first kappa shape index (κ1) is 15.8. The van der Waals surface area contributed by atoms with Gasteiger partial charge in [-0.25, -0.2) is 0 Å². The van der Waals surface area contributed by atoms with E-state index in [1.165, 1.54) is 32.1 Å². The van der Waals surface area contributed by atoms with Crippen LogP contribution in [-0.2, 0) is 4.79 Å². The van der Waals surface area contributed by atoms with Crippen molar-refractivity contribution >= 4 is 23.2 Å². The largest absolute Gasteiger partial charge is 0.325 e. The zero-order valence-corrected chi connectivity index (χ0v) is 13.7. The Hall–Kier alpha value is -1.10. The van der Waals surface area contributed by atoms with Gasteiger partial charge in [0.15, 0.2) is 0 Å². The van der Waals surface area contributed by atoms with E-state index in [1.54, 1.807) is 6.07 Å². The lowest BCUT2D eigenvalue weighted by molar-refractivity contribution is -0.120. The monoisotopic (exact) mass is 321 g/mol. The third-order valence-corrected chi connectivity index (χ3v) is 5.15. The quantitative estimate of drug-likeness (QED) is 0.899. The van der Waals surface area contributed by atoms with Crippen molar-refractivity contribution in [1.29, 1.82) is 0 Å². The number of carbonyl (C=O) groups excluding carboxylic acids is 1. The van der Waals surface area contributed by atoms with Crippen LogP contribution in [0.25, 0.3) is 0 Å². The summed E-state index contributed by atoms with van der Waals surface area (Å²) in [7, 11) is 0. The van der Waals surface area contributed by atoms with E-state index in [4.69, 9.17) is 11.6 Å². The van der Waals surface area contributed by atoms with Crippen molar-refractivity contribution in [3.05, 3.63) is 29.3 Å². The van der Waals surface area contributed by atoms with Gasteiger partial charge in [-0.05, 0) is 31.0 Å². The molecule has 1 spiro atoms. The van der Waals surface area contributed by atoms with Gasteiger partial charge in [0.05, 0.1) is 6.54 Å². The van der Waals surface area contributed by atoms with Crippen LogP contribution >= 0.6 is 11.6 Å². The standard InChI is InChI=1S/C17H24ClN3O/c18-14-5-4-6-15(11-14)20-16(22)12-21-10-9-19-13-17(21)7-2-1-3-8-17/h4-6,11,19H,1-3,7-10,12-13H2,(H,20,22). The van der Waals surface area contributed by atoms with Crippen LogP contribution in [0, 0.1) is 0 Å². The molecule has 1 aromatic rings. The molecule has 1 saturated carbocycles. The first-order chi connectivity index (χ1) is 10.7. The molecule has 1 aliphatic heterocycles. The van der Waals surface area contributed by atoms with Gasteiger partial charge in [0, 0.05) is 35.9 Å². The van der Waals surface area contributed by atoms with Crippen LogP contribution in [0.3, 0.4) is 0 Å². The number of amides is 1. The molecule has 1 saturated heterocycles. The SMILES string of the molecule is O=C(CN1CCNCC12CCCCC2)Nc1cccc(Cl)c1. The average Bonchev–Trinajstić information content (AvgIpc) is 2.51. The molecule has 0 atom stereocenters. The molecule has 1 amide bonds. The van der Waals surface area contributed by atoms with E-state index < -0.39 is 0 Å². The second kappa shape index (κ2) is 6.99. The lowest BCUT2D eigenvalue weighted by atomic mass is 9.79. The molecule has 1 aromatic carbocycles. The van der Waals surface area contributed by atoms with Crippen LogP contribution in [0.1, 0.15) is 32.1 Å². The first-order valence-corrected chi connectivity index (χ1v) is 8.57. The van der Waals surface area contributed by atoms with Crippen molar-refractivity contribution in [3.63, 3.8) is 0 Å². The highest BCUT2D eigenvalue weighted by Crippen LogP contribution is 2.34. The Kier molecular flexibility index (Phi) is 5.01. The summed E-state index contributed by atoms with van der Waals surface area (Å²) in [6.07, 6.45) is 6.27. The molecule has 5 heteroatoms. The molecule has 0 radical (unpaired) electrons. The third-order valence-electron chi connectivity index (χ3n) is 4.91. The summed E-state index contributed by atoms with van der Waals surface area (Å²) >= 11 is 5.97. The summed E-state index contributed by atoms with van der Waals surface area (Å²) in [5.74, 6) is 0.0501. The molecule has 1 heterocycles. The molecule has 0 unspecified atom stereocenters. The molecule has 4 nitrogen and oxygen atoms in total. The maximum atomic E-state index is 12.4. The van der Waals surface area contributed by atoms with Crippen LogP contribution in [0.2, 0.25) is 5.02 Å². The minimum absolute atomic E-state index is 0.0501. The maximum Gasteiger partial charge on any atom is 0.238 e. The fraction of sp³-hybridized carbons (Fsp3) is 0.588. The Labute approximate surface area is 137 Å². The van der Waals surface area contributed by atoms with Crippen molar-refractivity contribution in [2.24, 2.45) is 0 Å². The molecule has 2 N–H and O–H groups in total. The Bertz CT molecular complexity index is 520. The number of hydrogen-bond donors (Lipinski definition) is 2.